The van der Waals surface area contributed by atoms with Gasteiger partial charge in [-0.2, -0.15) is 8.42 Å². The molecule has 21 heavy (non-hydrogen) atoms. The number of alkyl halides is 1. The van der Waals surface area contributed by atoms with Crippen LogP contribution in [0.3, 0.4) is 0 Å². The van der Waals surface area contributed by atoms with Gasteiger partial charge in [-0.25, -0.2) is 9.18 Å². The monoisotopic (exact) mass is 320 g/mol. The fourth-order valence-corrected chi connectivity index (χ4v) is 6.10. The van der Waals surface area contributed by atoms with Crippen molar-refractivity contribution in [2.75, 3.05) is 13.2 Å². The van der Waals surface area contributed by atoms with Crippen molar-refractivity contribution in [2.24, 2.45) is 28.6 Å². The summed E-state index contributed by atoms with van der Waals surface area (Å²) in [6.45, 7) is -0.776. The van der Waals surface area contributed by atoms with E-state index in [2.05, 4.69) is 4.74 Å². The van der Waals surface area contributed by atoms with Crippen LogP contribution in [0.2, 0.25) is 0 Å². The molecule has 0 radical (unpaired) electrons. The number of ether oxygens (including phenoxy) is 2. The smallest absolute Gasteiger partial charge is 0.434 e. The van der Waals surface area contributed by atoms with E-state index in [0.717, 1.165) is 30.6 Å². The molecule has 4 fully saturated rings. The van der Waals surface area contributed by atoms with Gasteiger partial charge in [-0.15, -0.1) is 0 Å². The van der Waals surface area contributed by atoms with E-state index in [1.807, 2.05) is 0 Å². The van der Waals surface area contributed by atoms with E-state index in [9.17, 15) is 17.6 Å². The molecule has 8 heteroatoms. The normalized spacial score (nSPS) is 46.5. The van der Waals surface area contributed by atoms with Crippen molar-refractivity contribution in [3.8, 4) is 0 Å². The predicted molar refractivity (Wildman–Crippen MR) is 67.5 cm³/mol. The molecule has 3 atom stereocenters. The minimum absolute atomic E-state index is 0.0979. The van der Waals surface area contributed by atoms with Crippen LogP contribution in [0.1, 0.15) is 25.7 Å². The van der Waals surface area contributed by atoms with Crippen molar-refractivity contribution >= 4 is 16.3 Å². The first-order chi connectivity index (χ1) is 9.79. The molecule has 6 nitrogen and oxygen atoms in total. The van der Waals surface area contributed by atoms with Crippen molar-refractivity contribution in [1.82, 2.24) is 0 Å². The lowest BCUT2D eigenvalue weighted by Crippen LogP contribution is -2.86. The van der Waals surface area contributed by atoms with E-state index in [1.54, 1.807) is 0 Å². The van der Waals surface area contributed by atoms with Crippen molar-refractivity contribution in [3.63, 3.8) is 0 Å². The number of carbonyl (C=O) groups excluding carboxylic acids is 1. The van der Waals surface area contributed by atoms with E-state index < -0.39 is 28.4 Å². The molecular weight excluding hydrogens is 303 g/mol. The third-order valence-corrected chi connectivity index (χ3v) is 7.26. The number of carbonyl (C=O) groups is 1. The zero-order valence-electron chi connectivity index (χ0n) is 11.3. The third-order valence-electron chi connectivity index (χ3n) is 6.48. The highest BCUT2D eigenvalue weighted by atomic mass is 32.2. The highest BCUT2D eigenvalue weighted by Gasteiger charge is 2.87. The quantitative estimate of drug-likeness (QED) is 0.613. The molecule has 0 heterocycles. The molecule has 0 aliphatic heterocycles. The molecule has 0 aromatic carbocycles. The zero-order chi connectivity index (χ0) is 15.0. The molecule has 0 saturated heterocycles. The van der Waals surface area contributed by atoms with Gasteiger partial charge >= 0.3 is 16.3 Å². The van der Waals surface area contributed by atoms with Gasteiger partial charge in [-0.3, -0.25) is 4.55 Å². The Labute approximate surface area is 121 Å². The average molecular weight is 320 g/mol. The summed E-state index contributed by atoms with van der Waals surface area (Å²) in [5.74, 6) is 2.39. The molecule has 4 rings (SSSR count). The first kappa shape index (κ1) is 13.8. The van der Waals surface area contributed by atoms with Crippen molar-refractivity contribution in [3.05, 3.63) is 0 Å². The van der Waals surface area contributed by atoms with Crippen LogP contribution in [-0.4, -0.2) is 37.8 Å². The predicted octanol–water partition coefficient (Wildman–Crippen LogP) is 1.76. The molecule has 0 bridgehead atoms. The summed E-state index contributed by atoms with van der Waals surface area (Å²) in [6, 6.07) is 0. The van der Waals surface area contributed by atoms with Crippen molar-refractivity contribution in [1.29, 1.82) is 0 Å². The Hall–Kier alpha value is -0.890. The first-order valence-electron chi connectivity index (χ1n) is 7.19. The molecule has 1 spiro atoms. The van der Waals surface area contributed by atoms with Gasteiger partial charge in [0.05, 0.1) is 0 Å². The summed E-state index contributed by atoms with van der Waals surface area (Å²) in [6.07, 6.45) is 3.71. The Morgan fingerprint density at radius 2 is 1.86 bits per heavy atom. The number of halogens is 1. The molecular formula is C13H17FO6S. The molecule has 0 aromatic heterocycles. The number of hydrogen-bond acceptors (Lipinski definition) is 5. The van der Waals surface area contributed by atoms with Gasteiger partial charge in [0.25, 0.3) is 5.50 Å². The second kappa shape index (κ2) is 3.90. The molecule has 0 amide bonds. The summed E-state index contributed by atoms with van der Waals surface area (Å²) in [5, 5.41) is 0. The van der Waals surface area contributed by atoms with Crippen LogP contribution in [0.5, 0.6) is 0 Å². The summed E-state index contributed by atoms with van der Waals surface area (Å²) >= 11 is 0. The van der Waals surface area contributed by atoms with Crippen LogP contribution in [0, 0.1) is 28.6 Å². The second-order valence-corrected chi connectivity index (χ2v) is 8.50. The van der Waals surface area contributed by atoms with Gasteiger partial charge in [0.1, 0.15) is 13.2 Å². The number of rotatable bonds is 5. The van der Waals surface area contributed by atoms with Crippen LogP contribution in [-0.2, 0) is 19.6 Å². The van der Waals surface area contributed by atoms with E-state index in [4.69, 9.17) is 9.29 Å². The van der Waals surface area contributed by atoms with Crippen LogP contribution >= 0.6 is 0 Å². The Morgan fingerprint density at radius 1 is 1.24 bits per heavy atom. The Kier molecular flexibility index (Phi) is 2.55. The Morgan fingerprint density at radius 3 is 2.33 bits per heavy atom. The maximum absolute atomic E-state index is 12.9. The van der Waals surface area contributed by atoms with Crippen LogP contribution in [0.4, 0.5) is 9.18 Å². The Bertz CT molecular complexity index is 576. The van der Waals surface area contributed by atoms with E-state index >= 15 is 0 Å². The fourth-order valence-electron chi connectivity index (χ4n) is 5.86. The van der Waals surface area contributed by atoms with Gasteiger partial charge in [0.15, 0.2) is 0 Å². The van der Waals surface area contributed by atoms with E-state index in [1.165, 1.54) is 12.8 Å². The van der Waals surface area contributed by atoms with E-state index in [-0.39, 0.29) is 12.0 Å². The maximum Gasteiger partial charge on any atom is 0.508 e. The minimum Gasteiger partial charge on any atom is -0.434 e. The standard InChI is InChI=1S/C13H17FO6S/c14-10(21(16,17)18)5-19-11(15)20-6-12-3-8-1-7-2-9(4-12)13(7,8)12/h7-10H,1-6H2,(H,16,17,18). The average Bonchev–Trinajstić information content (AvgIpc) is 2.30. The fraction of sp³-hybridized carbons (Fsp3) is 0.923. The van der Waals surface area contributed by atoms with Crippen LogP contribution < -0.4 is 0 Å². The van der Waals surface area contributed by atoms with Crippen molar-refractivity contribution < 1.29 is 31.6 Å². The lowest BCUT2D eigenvalue weighted by atomic mass is 9.13. The van der Waals surface area contributed by atoms with Crippen LogP contribution in [0.25, 0.3) is 0 Å². The molecule has 1 N–H and O–H groups in total. The maximum atomic E-state index is 12.9. The topological polar surface area (TPSA) is 89.9 Å². The largest absolute Gasteiger partial charge is 0.508 e. The molecule has 4 aliphatic carbocycles. The van der Waals surface area contributed by atoms with Gasteiger partial charge in [-0.1, -0.05) is 0 Å². The van der Waals surface area contributed by atoms with Crippen molar-refractivity contribution in [2.45, 2.75) is 31.2 Å². The van der Waals surface area contributed by atoms with Gasteiger partial charge < -0.3 is 9.47 Å². The highest BCUT2D eigenvalue weighted by molar-refractivity contribution is 7.86. The summed E-state index contributed by atoms with van der Waals surface area (Å²) < 4.78 is 51.6. The van der Waals surface area contributed by atoms with Gasteiger partial charge in [-0.05, 0) is 48.9 Å². The molecule has 118 valence electrons. The van der Waals surface area contributed by atoms with Gasteiger partial charge in [0.2, 0.25) is 0 Å². The molecule has 4 aliphatic rings. The first-order valence-corrected chi connectivity index (χ1v) is 8.70. The summed E-state index contributed by atoms with van der Waals surface area (Å²) in [7, 11) is -4.84. The lowest BCUT2D eigenvalue weighted by molar-refractivity contribution is -0.437. The van der Waals surface area contributed by atoms with Crippen LogP contribution in [0.15, 0.2) is 0 Å². The molecule has 4 saturated carbocycles. The lowest BCUT2D eigenvalue weighted by Gasteiger charge is -2.91. The second-order valence-electron chi connectivity index (χ2n) is 6.96. The zero-order valence-corrected chi connectivity index (χ0v) is 12.1. The number of hydrogen-bond donors (Lipinski definition) is 1. The van der Waals surface area contributed by atoms with Gasteiger partial charge in [0, 0.05) is 5.41 Å². The highest BCUT2D eigenvalue weighted by Crippen LogP contribution is 2.92. The van der Waals surface area contributed by atoms with E-state index in [0.29, 0.717) is 5.41 Å². The third kappa shape index (κ3) is 1.50. The molecule has 0 aromatic rings. The summed E-state index contributed by atoms with van der Waals surface area (Å²) in [5.41, 5.74) is -2.11. The molecule has 3 unspecified atom stereocenters. The summed E-state index contributed by atoms with van der Waals surface area (Å²) in [4.78, 5) is 11.4. The SMILES string of the molecule is O=C(OCC(F)S(=O)(=O)O)OCC12CC3CC4CC(C1)C432. The minimum atomic E-state index is -4.84. The Balaban J connectivity index is 1.26.